The summed E-state index contributed by atoms with van der Waals surface area (Å²) in [5.41, 5.74) is 7.54. The van der Waals surface area contributed by atoms with Crippen molar-refractivity contribution in [1.82, 2.24) is 9.97 Å². The lowest BCUT2D eigenvalue weighted by molar-refractivity contribution is -0.112. The summed E-state index contributed by atoms with van der Waals surface area (Å²) in [5, 5.41) is 13.6. The number of carbonyl (C=O) groups is 1. The van der Waals surface area contributed by atoms with Crippen LogP contribution in [0.3, 0.4) is 0 Å². The van der Waals surface area contributed by atoms with Gasteiger partial charge in [-0.25, -0.2) is 9.97 Å². The molecule has 7 nitrogen and oxygen atoms in total. The average molecular weight is 485 g/mol. The largest absolute Gasteiger partial charge is 0.303 e. The van der Waals surface area contributed by atoms with Gasteiger partial charge in [-0.3, -0.25) is 10.2 Å². The molecule has 0 bridgehead atoms. The van der Waals surface area contributed by atoms with E-state index in [9.17, 15) is 4.79 Å². The molecule has 6 rings (SSSR count). The van der Waals surface area contributed by atoms with Gasteiger partial charge in [0, 0.05) is 21.4 Å². The smallest absolute Gasteiger partial charge is 0.265 e. The molecule has 0 saturated heterocycles. The molecule has 1 aliphatic carbocycles. The normalized spacial score (nSPS) is 16.6. The Labute approximate surface area is 204 Å². The Balaban J connectivity index is 1.33. The Morgan fingerprint density at radius 1 is 0.912 bits per heavy atom. The molecule has 1 aliphatic heterocycles. The van der Waals surface area contributed by atoms with Crippen LogP contribution in [0.4, 0.5) is 10.3 Å². The van der Waals surface area contributed by atoms with E-state index in [-0.39, 0.29) is 11.6 Å². The van der Waals surface area contributed by atoms with Gasteiger partial charge in [-0.2, -0.15) is 15.2 Å². The number of benzene rings is 2. The second-order valence-corrected chi connectivity index (χ2v) is 9.90. The van der Waals surface area contributed by atoms with Crippen LogP contribution < -0.4 is 10.4 Å². The lowest BCUT2D eigenvalue weighted by Gasteiger charge is -2.06. The van der Waals surface area contributed by atoms with E-state index < -0.39 is 0 Å². The number of aromatic nitrogens is 2. The lowest BCUT2D eigenvalue weighted by atomic mass is 10.0. The summed E-state index contributed by atoms with van der Waals surface area (Å²) < 4.78 is 0. The minimum absolute atomic E-state index is 0.246. The molecule has 0 saturated carbocycles. The van der Waals surface area contributed by atoms with Crippen molar-refractivity contribution in [2.24, 2.45) is 10.2 Å². The van der Waals surface area contributed by atoms with E-state index in [4.69, 9.17) is 0 Å². The standard InChI is InChI=1S/C25H20N6OS2/c32-23-22(28-29-24-26-18-13-7-8-14-20(18)34-24)21(17-11-5-2-6-12-17)30-31(23)25-27-19(15-33-25)16-9-3-1-4-10-16/h1-6,9-12,15H,7-8,13-14H2,(H,26,29)/b28-22-. The Hall–Kier alpha value is -3.69. The van der Waals surface area contributed by atoms with E-state index in [0.717, 1.165) is 35.4 Å². The zero-order valence-corrected chi connectivity index (χ0v) is 19.8. The van der Waals surface area contributed by atoms with Crippen LogP contribution >= 0.6 is 22.7 Å². The molecule has 0 fully saturated rings. The number of carbonyl (C=O) groups excluding carboxylic acids is 1. The van der Waals surface area contributed by atoms with E-state index in [1.807, 2.05) is 66.0 Å². The number of fused-ring (bicyclic) bond motifs is 1. The zero-order valence-electron chi connectivity index (χ0n) is 18.1. The number of anilines is 2. The molecule has 3 heterocycles. The molecule has 1 amide bonds. The predicted molar refractivity (Wildman–Crippen MR) is 138 cm³/mol. The minimum Gasteiger partial charge on any atom is -0.265 e. The molecule has 1 N–H and O–H groups in total. The van der Waals surface area contributed by atoms with Gasteiger partial charge >= 0.3 is 5.91 Å². The maximum Gasteiger partial charge on any atom is 0.303 e. The van der Waals surface area contributed by atoms with Crippen molar-refractivity contribution in [3.8, 4) is 11.3 Å². The van der Waals surface area contributed by atoms with Gasteiger partial charge in [0.25, 0.3) is 0 Å². The summed E-state index contributed by atoms with van der Waals surface area (Å²) >= 11 is 2.99. The van der Waals surface area contributed by atoms with Crippen LogP contribution in [0.5, 0.6) is 0 Å². The summed E-state index contributed by atoms with van der Waals surface area (Å²) in [6.07, 6.45) is 4.42. The van der Waals surface area contributed by atoms with Gasteiger partial charge in [-0.1, -0.05) is 60.7 Å². The number of aryl methyl sites for hydroxylation is 2. The van der Waals surface area contributed by atoms with Crippen molar-refractivity contribution in [2.45, 2.75) is 25.7 Å². The molecule has 0 unspecified atom stereocenters. The predicted octanol–water partition coefficient (Wildman–Crippen LogP) is 5.36. The SMILES string of the molecule is O=C1/C(=N\Nc2nc3c(s2)CCCC3)C(c2ccccc2)=NN1c1nc(-c2ccccc2)cs1. The van der Waals surface area contributed by atoms with Crippen LogP contribution in [0.1, 0.15) is 29.0 Å². The number of hydrazone groups is 2. The van der Waals surface area contributed by atoms with Crippen LogP contribution in [0.2, 0.25) is 0 Å². The second-order valence-electron chi connectivity index (χ2n) is 7.98. The van der Waals surface area contributed by atoms with Gasteiger partial charge in [0.2, 0.25) is 10.3 Å². The molecule has 0 radical (unpaired) electrons. The Morgan fingerprint density at radius 3 is 2.41 bits per heavy atom. The topological polar surface area (TPSA) is 82.8 Å². The van der Waals surface area contributed by atoms with Crippen molar-refractivity contribution in [1.29, 1.82) is 0 Å². The van der Waals surface area contributed by atoms with Crippen molar-refractivity contribution in [2.75, 3.05) is 10.4 Å². The molecule has 34 heavy (non-hydrogen) atoms. The van der Waals surface area contributed by atoms with E-state index in [1.54, 1.807) is 11.3 Å². The van der Waals surface area contributed by atoms with E-state index in [1.165, 1.54) is 34.1 Å². The quantitative estimate of drug-likeness (QED) is 0.386. The van der Waals surface area contributed by atoms with Gasteiger partial charge in [0.1, 0.15) is 5.71 Å². The summed E-state index contributed by atoms with van der Waals surface area (Å²) in [5.74, 6) is -0.318. The maximum atomic E-state index is 13.4. The maximum absolute atomic E-state index is 13.4. The molecule has 4 aromatic rings. The fourth-order valence-corrected chi connectivity index (χ4v) is 5.79. The molecular weight excluding hydrogens is 464 g/mol. The zero-order chi connectivity index (χ0) is 22.9. The first kappa shape index (κ1) is 20.9. The summed E-state index contributed by atoms with van der Waals surface area (Å²) in [6.45, 7) is 0. The van der Waals surface area contributed by atoms with Crippen molar-refractivity contribution in [3.05, 3.63) is 82.2 Å². The molecular formula is C25H20N6OS2. The summed E-state index contributed by atoms with van der Waals surface area (Å²) in [4.78, 5) is 24.1. The first-order valence-electron chi connectivity index (χ1n) is 11.1. The van der Waals surface area contributed by atoms with Crippen LogP contribution in [0, 0.1) is 0 Å². The van der Waals surface area contributed by atoms with Crippen LogP contribution in [0.25, 0.3) is 11.3 Å². The molecule has 0 atom stereocenters. The Kier molecular flexibility index (Phi) is 5.48. The molecule has 2 aromatic carbocycles. The molecule has 2 aliphatic rings. The van der Waals surface area contributed by atoms with Crippen molar-refractivity contribution >= 4 is 50.3 Å². The minimum atomic E-state index is -0.318. The van der Waals surface area contributed by atoms with Crippen LogP contribution in [0.15, 0.2) is 76.2 Å². The number of hydrogen-bond acceptors (Lipinski definition) is 8. The third kappa shape index (κ3) is 3.93. The molecule has 2 aromatic heterocycles. The fourth-order valence-electron chi connectivity index (χ4n) is 4.02. The number of nitrogens with one attached hydrogen (secondary N) is 1. The van der Waals surface area contributed by atoms with Gasteiger partial charge in [0.05, 0.1) is 11.4 Å². The van der Waals surface area contributed by atoms with Crippen LogP contribution in [-0.2, 0) is 17.6 Å². The van der Waals surface area contributed by atoms with Gasteiger partial charge in [0.15, 0.2) is 5.71 Å². The fraction of sp³-hybridized carbons (Fsp3) is 0.160. The van der Waals surface area contributed by atoms with Gasteiger partial charge < -0.3 is 0 Å². The third-order valence-corrected chi connectivity index (χ3v) is 7.60. The molecule has 168 valence electrons. The van der Waals surface area contributed by atoms with Gasteiger partial charge in [-0.05, 0) is 25.7 Å². The first-order chi connectivity index (χ1) is 16.8. The van der Waals surface area contributed by atoms with Crippen molar-refractivity contribution < 1.29 is 4.79 Å². The monoisotopic (exact) mass is 484 g/mol. The average Bonchev–Trinajstić information content (AvgIpc) is 3.61. The van der Waals surface area contributed by atoms with Crippen molar-refractivity contribution in [3.63, 3.8) is 0 Å². The van der Waals surface area contributed by atoms with E-state index >= 15 is 0 Å². The summed E-state index contributed by atoms with van der Waals surface area (Å²) in [7, 11) is 0. The highest BCUT2D eigenvalue weighted by Gasteiger charge is 2.36. The first-order valence-corrected chi connectivity index (χ1v) is 12.8. The number of amides is 1. The number of thiazole rings is 2. The highest BCUT2D eigenvalue weighted by atomic mass is 32.1. The Morgan fingerprint density at radius 2 is 1.65 bits per heavy atom. The highest BCUT2D eigenvalue weighted by molar-refractivity contribution is 7.15. The van der Waals surface area contributed by atoms with Crippen LogP contribution in [-0.4, -0.2) is 27.3 Å². The summed E-state index contributed by atoms with van der Waals surface area (Å²) in [6, 6.07) is 19.5. The number of rotatable bonds is 5. The second kappa shape index (κ2) is 8.92. The van der Waals surface area contributed by atoms with Gasteiger partial charge in [-0.15, -0.1) is 22.7 Å². The number of hydrogen-bond donors (Lipinski definition) is 1. The highest BCUT2D eigenvalue weighted by Crippen LogP contribution is 2.31. The molecule has 9 heteroatoms. The van der Waals surface area contributed by atoms with E-state index in [0.29, 0.717) is 16.0 Å². The third-order valence-electron chi connectivity index (χ3n) is 5.72. The Bertz CT molecular complexity index is 1380. The molecule has 0 spiro atoms. The van der Waals surface area contributed by atoms with E-state index in [2.05, 4.69) is 25.6 Å². The lowest BCUT2D eigenvalue weighted by Crippen LogP contribution is -2.28. The number of nitrogens with zero attached hydrogens (tertiary/aromatic N) is 5.